The molecule has 6 nitrogen and oxygen atoms in total. The number of rotatable bonds is 0. The second kappa shape index (κ2) is 11.5. The smallest absolute Gasteiger partial charge is 0.310 e. The van der Waals surface area contributed by atoms with Crippen LogP contribution in [0.4, 0.5) is 0 Å². The van der Waals surface area contributed by atoms with E-state index >= 15 is 0 Å². The van der Waals surface area contributed by atoms with Gasteiger partial charge in [0.05, 0.1) is 0 Å². The Hall–Kier alpha value is -0.616. The first-order chi connectivity index (χ1) is 6.25. The van der Waals surface area contributed by atoms with Crippen molar-refractivity contribution in [1.29, 1.82) is 0 Å². The maximum atomic E-state index is 9.81. The first-order valence-corrected chi connectivity index (χ1v) is 3.63. The molecule has 0 aliphatic carbocycles. The van der Waals surface area contributed by atoms with Gasteiger partial charge in [0.1, 0.15) is 0 Å². The van der Waals surface area contributed by atoms with Crippen molar-refractivity contribution in [2.24, 2.45) is 0 Å². The van der Waals surface area contributed by atoms with Gasteiger partial charge in [0.25, 0.3) is 0 Å². The van der Waals surface area contributed by atoms with Crippen molar-refractivity contribution in [3.05, 3.63) is 0 Å². The largest absolute Gasteiger partial charge is 0.394 e. The molecule has 0 aromatic rings. The van der Waals surface area contributed by atoms with Gasteiger partial charge < -0.3 is 9.47 Å². The van der Waals surface area contributed by atoms with Crippen LogP contribution < -0.4 is 0 Å². The van der Waals surface area contributed by atoms with Crippen LogP contribution in [0.15, 0.2) is 0 Å². The van der Waals surface area contributed by atoms with Crippen molar-refractivity contribution in [3.63, 3.8) is 0 Å². The van der Waals surface area contributed by atoms with E-state index in [4.69, 9.17) is 0 Å². The average molecular weight is 293 g/mol. The van der Waals surface area contributed by atoms with E-state index < -0.39 is 23.9 Å². The Kier molecular flexibility index (Phi) is 15.2. The molecule has 1 radical (unpaired) electrons. The Morgan fingerprint density at radius 2 is 0.733 bits per heavy atom. The molecule has 0 saturated carbocycles. The number of ether oxygens (including phenoxy) is 2. The van der Waals surface area contributed by atoms with Gasteiger partial charge in [-0.15, -0.1) is 0 Å². The molecular weight excluding hydrogens is 281 g/mol. The summed E-state index contributed by atoms with van der Waals surface area (Å²) in [5.74, 6) is -2.25. The molecule has 0 aliphatic rings. The number of esters is 4. The molecule has 7 heteroatoms. The molecule has 0 atom stereocenters. The average Bonchev–Trinajstić information content (AvgIpc) is 1.79. The monoisotopic (exact) mass is 293 g/mol. The molecule has 83 valence electrons. The van der Waals surface area contributed by atoms with Crippen molar-refractivity contribution in [1.82, 2.24) is 0 Å². The first kappa shape index (κ1) is 19.9. The molecule has 0 amide bonds. The molecule has 0 aromatic heterocycles. The summed E-state index contributed by atoms with van der Waals surface area (Å²) in [5.41, 5.74) is 0. The van der Waals surface area contributed by atoms with Gasteiger partial charge >= 0.3 is 23.9 Å². The Morgan fingerprint density at radius 3 is 0.733 bits per heavy atom. The maximum Gasteiger partial charge on any atom is 0.310 e. The zero-order valence-electron chi connectivity index (χ0n) is 9.03. The van der Waals surface area contributed by atoms with Crippen molar-refractivity contribution >= 4 is 23.9 Å². The van der Waals surface area contributed by atoms with Crippen LogP contribution in [0, 0.1) is 0 Å². The molecular formula is C8H12O6Y. The van der Waals surface area contributed by atoms with Crippen molar-refractivity contribution < 1.29 is 61.4 Å². The van der Waals surface area contributed by atoms with Crippen LogP contribution in [0.5, 0.6) is 0 Å². The third-order valence-corrected chi connectivity index (χ3v) is 0.575. The Bertz CT molecular complexity index is 198. The molecule has 0 heterocycles. The third-order valence-electron chi connectivity index (χ3n) is 0.575. The molecule has 0 spiro atoms. The summed E-state index contributed by atoms with van der Waals surface area (Å²) in [4.78, 5) is 39.2. The number of carbonyl (C=O) groups is 4. The molecule has 0 rings (SSSR count). The second-order valence-corrected chi connectivity index (χ2v) is 2.17. The van der Waals surface area contributed by atoms with Crippen molar-refractivity contribution in [3.8, 4) is 0 Å². The Morgan fingerprint density at radius 1 is 0.600 bits per heavy atom. The normalized spacial score (nSPS) is 7.20. The van der Waals surface area contributed by atoms with Gasteiger partial charge in [-0.3, -0.25) is 19.2 Å². The maximum absolute atomic E-state index is 9.81. The van der Waals surface area contributed by atoms with Crippen LogP contribution >= 0.6 is 0 Å². The molecule has 0 aliphatic heterocycles. The minimum absolute atomic E-state index is 0. The topological polar surface area (TPSA) is 86.7 Å². The number of hydrogen-bond acceptors (Lipinski definition) is 6. The summed E-state index contributed by atoms with van der Waals surface area (Å²) in [5, 5.41) is 0. The van der Waals surface area contributed by atoms with E-state index in [-0.39, 0.29) is 32.7 Å². The SMILES string of the molecule is CC(=O)OC(C)=O.CC(=O)OC(C)=O.[Y]. The Balaban J connectivity index is -0.000000180. The summed E-state index contributed by atoms with van der Waals surface area (Å²) < 4.78 is 7.94. The van der Waals surface area contributed by atoms with Crippen LogP contribution in [-0.4, -0.2) is 23.9 Å². The summed E-state index contributed by atoms with van der Waals surface area (Å²) in [6.45, 7) is 4.73. The van der Waals surface area contributed by atoms with E-state index in [0.29, 0.717) is 0 Å². The summed E-state index contributed by atoms with van der Waals surface area (Å²) in [6, 6.07) is 0. The first-order valence-electron chi connectivity index (χ1n) is 3.63. The number of hydrogen-bond donors (Lipinski definition) is 0. The van der Waals surface area contributed by atoms with E-state index in [2.05, 4.69) is 9.47 Å². The molecule has 0 saturated heterocycles. The molecule has 0 aromatic carbocycles. The van der Waals surface area contributed by atoms with Crippen LogP contribution in [0.25, 0.3) is 0 Å². The second-order valence-electron chi connectivity index (χ2n) is 2.17. The van der Waals surface area contributed by atoms with Crippen molar-refractivity contribution in [2.45, 2.75) is 27.7 Å². The zero-order valence-corrected chi connectivity index (χ0v) is 11.9. The predicted molar refractivity (Wildman–Crippen MR) is 44.9 cm³/mol. The van der Waals surface area contributed by atoms with E-state index in [9.17, 15) is 19.2 Å². The van der Waals surface area contributed by atoms with Crippen LogP contribution in [0.1, 0.15) is 27.7 Å². The Labute approximate surface area is 113 Å². The van der Waals surface area contributed by atoms with Gasteiger partial charge in [0.15, 0.2) is 0 Å². The molecule has 15 heavy (non-hydrogen) atoms. The van der Waals surface area contributed by atoms with E-state index in [0.717, 1.165) is 0 Å². The molecule has 0 bridgehead atoms. The quantitative estimate of drug-likeness (QED) is 0.468. The van der Waals surface area contributed by atoms with Crippen molar-refractivity contribution in [2.75, 3.05) is 0 Å². The van der Waals surface area contributed by atoms with Gasteiger partial charge in [-0.2, -0.15) is 0 Å². The van der Waals surface area contributed by atoms with Gasteiger partial charge in [0, 0.05) is 60.4 Å². The molecule has 0 unspecified atom stereocenters. The van der Waals surface area contributed by atoms with E-state index in [1.54, 1.807) is 0 Å². The van der Waals surface area contributed by atoms with Gasteiger partial charge in [-0.1, -0.05) is 0 Å². The summed E-state index contributed by atoms with van der Waals surface area (Å²) in [7, 11) is 0. The van der Waals surface area contributed by atoms with Gasteiger partial charge in [-0.05, 0) is 0 Å². The zero-order chi connectivity index (χ0) is 11.7. The van der Waals surface area contributed by atoms with Crippen LogP contribution in [0.2, 0.25) is 0 Å². The fourth-order valence-corrected chi connectivity index (χ4v) is 0.405. The third kappa shape index (κ3) is 31.8. The van der Waals surface area contributed by atoms with Gasteiger partial charge in [-0.25, -0.2) is 0 Å². The minimum atomic E-state index is -0.562. The fourth-order valence-electron chi connectivity index (χ4n) is 0.405. The fraction of sp³-hybridized carbons (Fsp3) is 0.500. The molecule has 0 fully saturated rings. The summed E-state index contributed by atoms with van der Waals surface area (Å²) in [6.07, 6.45) is 0. The predicted octanol–water partition coefficient (Wildman–Crippen LogP) is 0.190. The van der Waals surface area contributed by atoms with E-state index in [1.165, 1.54) is 27.7 Å². The van der Waals surface area contributed by atoms with Crippen LogP contribution in [-0.2, 0) is 61.4 Å². The standard InChI is InChI=1S/2C4H6O3.Y/c2*1-3(5)7-4(2)6;/h2*1-2H3;. The minimum Gasteiger partial charge on any atom is -0.394 e. The van der Waals surface area contributed by atoms with Gasteiger partial charge in [0.2, 0.25) is 0 Å². The summed E-state index contributed by atoms with van der Waals surface area (Å²) >= 11 is 0. The van der Waals surface area contributed by atoms with E-state index in [1.807, 2.05) is 0 Å². The molecule has 0 N–H and O–H groups in total. The van der Waals surface area contributed by atoms with Crippen LogP contribution in [0.3, 0.4) is 0 Å². The number of carbonyl (C=O) groups excluding carboxylic acids is 4.